The molecule has 0 aliphatic heterocycles. The molecule has 5 heteroatoms. The van der Waals surface area contributed by atoms with Gasteiger partial charge in [-0.2, -0.15) is 0 Å². The number of rotatable bonds is 8. The van der Waals surface area contributed by atoms with Crippen LogP contribution in [0.15, 0.2) is 52.3 Å². The largest absolute Gasteiger partial charge is 0.493 e. The molecular formula is C18H23FN2OS. The number of nitrogens with zero attached hydrogens (tertiary/aromatic N) is 1. The predicted molar refractivity (Wildman–Crippen MR) is 94.9 cm³/mol. The molecule has 0 atom stereocenters. The first kappa shape index (κ1) is 10.9. The molecule has 0 heterocycles. The summed E-state index contributed by atoms with van der Waals surface area (Å²) in [5, 5.41) is 0. The van der Waals surface area contributed by atoms with E-state index in [4.69, 9.17) is 18.7 Å². The van der Waals surface area contributed by atoms with Crippen molar-refractivity contribution >= 4 is 17.4 Å². The monoisotopic (exact) mass is 340 g/mol. The van der Waals surface area contributed by atoms with E-state index in [2.05, 4.69) is 0 Å². The lowest BCUT2D eigenvalue weighted by Gasteiger charge is -2.16. The molecule has 2 N–H and O–H groups in total. The van der Waals surface area contributed by atoms with E-state index in [0.29, 0.717) is 26.8 Å². The maximum absolute atomic E-state index is 12.3. The van der Waals surface area contributed by atoms with Crippen LogP contribution in [0.4, 0.5) is 10.1 Å². The molecule has 3 nitrogen and oxygen atoms in total. The first-order valence-corrected chi connectivity index (χ1v) is 7.96. The second-order valence-corrected chi connectivity index (χ2v) is 5.97. The minimum absolute atomic E-state index is 0.163. The summed E-state index contributed by atoms with van der Waals surface area (Å²) in [4.78, 5) is 1.90. The van der Waals surface area contributed by atoms with Gasteiger partial charge in [0.15, 0.2) is 0 Å². The molecule has 124 valence electrons. The Morgan fingerprint density at radius 3 is 2.78 bits per heavy atom. The summed E-state index contributed by atoms with van der Waals surface area (Å²) >= 11 is 1.31. The number of nitrogen functional groups attached to an aromatic ring is 1. The van der Waals surface area contributed by atoms with E-state index >= 15 is 0 Å². The smallest absolute Gasteiger partial charge is 0.119 e. The van der Waals surface area contributed by atoms with Gasteiger partial charge in [-0.25, -0.2) is 0 Å². The van der Waals surface area contributed by atoms with E-state index in [0.717, 1.165) is 4.90 Å². The second-order valence-electron chi connectivity index (χ2n) is 4.89. The van der Waals surface area contributed by atoms with Gasteiger partial charge in [0.1, 0.15) is 5.75 Å². The van der Waals surface area contributed by atoms with Crippen LogP contribution in [0.1, 0.15) is 20.2 Å². The SMILES string of the molecule is [2H]C([2H])([2H])N(Cc1cc(OCCCF)ccc1Sc1ccccc1N)C([2H])([2H])[2H]. The van der Waals surface area contributed by atoms with Gasteiger partial charge in [-0.1, -0.05) is 23.9 Å². The van der Waals surface area contributed by atoms with Crippen LogP contribution in [0.3, 0.4) is 0 Å². The third-order valence-corrected chi connectivity index (χ3v) is 4.26. The molecule has 0 amide bonds. The first-order valence-electron chi connectivity index (χ1n) is 10.1. The van der Waals surface area contributed by atoms with Gasteiger partial charge in [-0.3, -0.25) is 4.39 Å². The highest BCUT2D eigenvalue weighted by Gasteiger charge is 2.09. The maximum Gasteiger partial charge on any atom is 0.119 e. The number of alkyl halides is 1. The molecule has 0 saturated carbocycles. The van der Waals surface area contributed by atoms with Gasteiger partial charge < -0.3 is 15.4 Å². The number of hydrogen-bond donors (Lipinski definition) is 1. The van der Waals surface area contributed by atoms with Crippen molar-refractivity contribution in [3.05, 3.63) is 48.0 Å². The van der Waals surface area contributed by atoms with Crippen LogP contribution in [-0.4, -0.2) is 32.1 Å². The Morgan fingerprint density at radius 2 is 2.04 bits per heavy atom. The van der Waals surface area contributed by atoms with Crippen molar-refractivity contribution in [1.82, 2.24) is 4.90 Å². The van der Waals surface area contributed by atoms with Crippen molar-refractivity contribution in [3.63, 3.8) is 0 Å². The Balaban J connectivity index is 2.40. The number of nitrogens with two attached hydrogens (primary N) is 1. The summed E-state index contributed by atoms with van der Waals surface area (Å²) < 4.78 is 63.5. The van der Waals surface area contributed by atoms with Crippen LogP contribution < -0.4 is 10.5 Å². The summed E-state index contributed by atoms with van der Waals surface area (Å²) in [6.45, 7) is -6.33. The number of para-hydroxylation sites is 1. The number of anilines is 1. The fraction of sp³-hybridized carbons (Fsp3) is 0.333. The minimum atomic E-state index is -2.82. The lowest BCUT2D eigenvalue weighted by molar-refractivity contribution is 0.288. The highest BCUT2D eigenvalue weighted by Crippen LogP contribution is 2.35. The van der Waals surface area contributed by atoms with Gasteiger partial charge >= 0.3 is 0 Å². The summed E-state index contributed by atoms with van der Waals surface area (Å²) in [6, 6.07) is 12.2. The molecule has 0 saturated heterocycles. The Labute approximate surface area is 150 Å². The van der Waals surface area contributed by atoms with Crippen LogP contribution in [0.25, 0.3) is 0 Å². The van der Waals surface area contributed by atoms with Crippen LogP contribution in [0, 0.1) is 0 Å². The topological polar surface area (TPSA) is 38.5 Å². The van der Waals surface area contributed by atoms with E-state index in [1.165, 1.54) is 11.8 Å². The molecule has 0 bridgehead atoms. The zero-order chi connectivity index (χ0) is 21.7. The fourth-order valence-electron chi connectivity index (χ4n) is 1.98. The van der Waals surface area contributed by atoms with Gasteiger partial charge in [0, 0.05) is 36.7 Å². The molecule has 2 aromatic rings. The van der Waals surface area contributed by atoms with Crippen LogP contribution >= 0.6 is 11.8 Å². The average Bonchev–Trinajstić information content (AvgIpc) is 2.61. The molecule has 0 spiro atoms. The number of hydrogen-bond acceptors (Lipinski definition) is 4. The Morgan fingerprint density at radius 1 is 1.22 bits per heavy atom. The zero-order valence-electron chi connectivity index (χ0n) is 18.6. The van der Waals surface area contributed by atoms with E-state index < -0.39 is 20.6 Å². The molecule has 2 aromatic carbocycles. The minimum Gasteiger partial charge on any atom is -0.493 e. The fourth-order valence-corrected chi connectivity index (χ4v) is 2.94. The summed E-state index contributed by atoms with van der Waals surface area (Å²) in [6.07, 6.45) is 0.225. The normalized spacial score (nSPS) is 15.9. The van der Waals surface area contributed by atoms with Crippen molar-refractivity contribution in [3.8, 4) is 5.75 Å². The number of benzene rings is 2. The van der Waals surface area contributed by atoms with Crippen molar-refractivity contribution in [1.29, 1.82) is 0 Å². The van der Waals surface area contributed by atoms with Gasteiger partial charge in [0.2, 0.25) is 0 Å². The highest BCUT2D eigenvalue weighted by atomic mass is 32.2. The molecule has 23 heavy (non-hydrogen) atoms. The molecular weight excluding hydrogens is 311 g/mol. The Hall–Kier alpha value is -1.72. The lowest BCUT2D eigenvalue weighted by Crippen LogP contribution is -2.11. The first-order chi connectivity index (χ1) is 13.5. The van der Waals surface area contributed by atoms with Crippen LogP contribution in [0.5, 0.6) is 5.75 Å². The summed E-state index contributed by atoms with van der Waals surface area (Å²) in [5.41, 5.74) is 7.01. The van der Waals surface area contributed by atoms with Gasteiger partial charge in [0.05, 0.1) is 13.3 Å². The van der Waals surface area contributed by atoms with Crippen molar-refractivity contribution < 1.29 is 17.4 Å². The van der Waals surface area contributed by atoms with Gasteiger partial charge in [-0.15, -0.1) is 0 Å². The van der Waals surface area contributed by atoms with Crippen molar-refractivity contribution in [2.24, 2.45) is 0 Å². The van der Waals surface area contributed by atoms with E-state index in [-0.39, 0.29) is 19.6 Å². The Bertz CT molecular complexity index is 802. The van der Waals surface area contributed by atoms with Crippen LogP contribution in [-0.2, 0) is 6.54 Å². The summed E-state index contributed by atoms with van der Waals surface area (Å²) in [7, 11) is 0. The number of ether oxygens (including phenoxy) is 1. The molecule has 0 aromatic heterocycles. The molecule has 0 radical (unpaired) electrons. The maximum atomic E-state index is 12.3. The highest BCUT2D eigenvalue weighted by molar-refractivity contribution is 7.99. The summed E-state index contributed by atoms with van der Waals surface area (Å²) in [5.74, 6) is 0.412. The zero-order valence-corrected chi connectivity index (χ0v) is 13.4. The van der Waals surface area contributed by atoms with Crippen molar-refractivity contribution in [2.75, 3.05) is 33.0 Å². The van der Waals surface area contributed by atoms with E-state index in [1.54, 1.807) is 30.3 Å². The standard InChI is InChI=1S/C18H23FN2OS/c1-21(2)13-14-12-15(22-11-5-10-19)8-9-17(14)23-18-7-4-3-6-16(18)20/h3-4,6-9,12H,5,10-11,13,20H2,1-2H3/i1D3,2D3. The quantitative estimate of drug-likeness (QED) is 0.577. The lowest BCUT2D eigenvalue weighted by atomic mass is 10.2. The molecule has 0 aliphatic carbocycles. The Kier molecular flexibility index (Phi) is 4.18. The third kappa shape index (κ3) is 5.44. The average molecular weight is 340 g/mol. The molecule has 2 rings (SSSR count). The van der Waals surface area contributed by atoms with Gasteiger partial charge in [-0.05, 0) is 49.8 Å². The second kappa shape index (κ2) is 8.79. The molecule has 0 fully saturated rings. The number of halogens is 1. The van der Waals surface area contributed by atoms with E-state index in [9.17, 15) is 4.39 Å². The molecule has 0 unspecified atom stereocenters. The molecule has 0 aliphatic rings. The third-order valence-electron chi connectivity index (χ3n) is 3.05. The predicted octanol–water partition coefficient (Wildman–Crippen LogP) is 4.22. The van der Waals surface area contributed by atoms with Gasteiger partial charge in [0.25, 0.3) is 0 Å². The van der Waals surface area contributed by atoms with Crippen LogP contribution in [0.2, 0.25) is 0 Å². The van der Waals surface area contributed by atoms with E-state index in [1.807, 2.05) is 12.1 Å². The van der Waals surface area contributed by atoms with Crippen molar-refractivity contribution in [2.45, 2.75) is 22.8 Å².